The lowest BCUT2D eigenvalue weighted by atomic mass is 9.93. The molecule has 0 bridgehead atoms. The second kappa shape index (κ2) is 5.19. The molecule has 1 saturated heterocycles. The molecule has 0 aliphatic carbocycles. The van der Waals surface area contributed by atoms with E-state index in [0.29, 0.717) is 11.6 Å². The molecule has 1 heterocycles. The van der Waals surface area contributed by atoms with Gasteiger partial charge >= 0.3 is 0 Å². The van der Waals surface area contributed by atoms with Crippen LogP contribution in [0.2, 0.25) is 0 Å². The monoisotopic (exact) mass is 249 g/mol. The molecule has 0 radical (unpaired) electrons. The Morgan fingerprint density at radius 3 is 2.61 bits per heavy atom. The lowest BCUT2D eigenvalue weighted by molar-refractivity contribution is 0.195. The number of aromatic hydroxyl groups is 1. The Balaban J connectivity index is 2.21. The van der Waals surface area contributed by atoms with Gasteiger partial charge in [0.15, 0.2) is 0 Å². The third kappa shape index (κ3) is 2.61. The van der Waals surface area contributed by atoms with E-state index in [-0.39, 0.29) is 5.75 Å². The summed E-state index contributed by atoms with van der Waals surface area (Å²) < 4.78 is 0. The summed E-state index contributed by atoms with van der Waals surface area (Å²) >= 11 is 0. The van der Waals surface area contributed by atoms with Gasteiger partial charge < -0.3 is 15.1 Å². The molecule has 0 amide bonds. The van der Waals surface area contributed by atoms with Crippen molar-refractivity contribution in [1.82, 2.24) is 0 Å². The van der Waals surface area contributed by atoms with Crippen LogP contribution < -0.4 is 4.90 Å². The predicted molar refractivity (Wildman–Crippen MR) is 73.9 cm³/mol. The molecular formula is C15H23NO2. The minimum Gasteiger partial charge on any atom is -0.507 e. The number of phenols is 1. The number of phenolic OH excluding ortho intramolecular Hbond substituents is 1. The van der Waals surface area contributed by atoms with E-state index in [2.05, 4.69) is 18.7 Å². The summed E-state index contributed by atoms with van der Waals surface area (Å²) in [5.74, 6) is 0.968. The number of aliphatic hydroxyl groups excluding tert-OH is 1. The summed E-state index contributed by atoms with van der Waals surface area (Å²) in [6.07, 6.45) is 1.76. The van der Waals surface area contributed by atoms with Crippen LogP contribution in [-0.2, 0) is 0 Å². The summed E-state index contributed by atoms with van der Waals surface area (Å²) in [6, 6.07) is 6.09. The highest BCUT2D eigenvalue weighted by atomic mass is 16.3. The number of anilines is 1. The van der Waals surface area contributed by atoms with Crippen LogP contribution in [0.5, 0.6) is 5.75 Å². The molecule has 0 saturated carbocycles. The van der Waals surface area contributed by atoms with Crippen molar-refractivity contribution in [2.24, 2.45) is 5.92 Å². The topological polar surface area (TPSA) is 43.7 Å². The Morgan fingerprint density at radius 2 is 2.06 bits per heavy atom. The SMILES string of the molecule is CC1CCN(c2ccc(C(C)O)c(O)c2)C(C)C1. The molecule has 3 nitrogen and oxygen atoms in total. The lowest BCUT2D eigenvalue weighted by Gasteiger charge is -2.38. The molecule has 18 heavy (non-hydrogen) atoms. The van der Waals surface area contributed by atoms with Crippen LogP contribution in [0.1, 0.15) is 45.3 Å². The van der Waals surface area contributed by atoms with Crippen molar-refractivity contribution in [3.05, 3.63) is 23.8 Å². The van der Waals surface area contributed by atoms with Crippen LogP contribution in [-0.4, -0.2) is 22.8 Å². The molecule has 1 fully saturated rings. The zero-order valence-electron chi connectivity index (χ0n) is 11.4. The zero-order valence-corrected chi connectivity index (χ0v) is 11.4. The first-order chi connectivity index (χ1) is 8.49. The number of rotatable bonds is 2. The molecule has 3 unspecified atom stereocenters. The van der Waals surface area contributed by atoms with Gasteiger partial charge in [0.1, 0.15) is 5.75 Å². The number of benzene rings is 1. The maximum Gasteiger partial charge on any atom is 0.123 e. The highest BCUT2D eigenvalue weighted by Crippen LogP contribution is 2.33. The average molecular weight is 249 g/mol. The Labute approximate surface area is 109 Å². The van der Waals surface area contributed by atoms with Crippen LogP contribution in [0.15, 0.2) is 18.2 Å². The van der Waals surface area contributed by atoms with E-state index in [1.165, 1.54) is 12.8 Å². The van der Waals surface area contributed by atoms with Crippen LogP contribution >= 0.6 is 0 Å². The number of hydrogen-bond acceptors (Lipinski definition) is 3. The van der Waals surface area contributed by atoms with Gasteiger partial charge in [0.25, 0.3) is 0 Å². The van der Waals surface area contributed by atoms with Crippen molar-refractivity contribution in [2.75, 3.05) is 11.4 Å². The number of aliphatic hydroxyl groups is 1. The van der Waals surface area contributed by atoms with Crippen molar-refractivity contribution >= 4 is 5.69 Å². The maximum absolute atomic E-state index is 9.94. The van der Waals surface area contributed by atoms with Gasteiger partial charge in [0, 0.05) is 29.9 Å². The van der Waals surface area contributed by atoms with E-state index in [0.717, 1.165) is 18.2 Å². The predicted octanol–water partition coefficient (Wildman–Crippen LogP) is 3.07. The third-order valence-electron chi connectivity index (χ3n) is 3.93. The largest absolute Gasteiger partial charge is 0.507 e. The molecule has 1 aromatic carbocycles. The minimum atomic E-state index is -0.627. The van der Waals surface area contributed by atoms with Gasteiger partial charge in [-0.05, 0) is 38.7 Å². The molecule has 1 aliphatic heterocycles. The molecule has 2 rings (SSSR count). The fraction of sp³-hybridized carbons (Fsp3) is 0.600. The smallest absolute Gasteiger partial charge is 0.123 e. The van der Waals surface area contributed by atoms with Crippen molar-refractivity contribution in [3.8, 4) is 5.75 Å². The molecular weight excluding hydrogens is 226 g/mol. The highest BCUT2D eigenvalue weighted by Gasteiger charge is 2.23. The first-order valence-corrected chi connectivity index (χ1v) is 6.76. The van der Waals surface area contributed by atoms with Crippen molar-refractivity contribution < 1.29 is 10.2 Å². The Morgan fingerprint density at radius 1 is 1.33 bits per heavy atom. The van der Waals surface area contributed by atoms with Crippen LogP contribution in [0.4, 0.5) is 5.69 Å². The molecule has 3 atom stereocenters. The van der Waals surface area contributed by atoms with Crippen molar-refractivity contribution in [1.29, 1.82) is 0 Å². The van der Waals surface area contributed by atoms with Gasteiger partial charge in [-0.2, -0.15) is 0 Å². The molecule has 1 aromatic rings. The summed E-state index contributed by atoms with van der Waals surface area (Å²) in [4.78, 5) is 2.34. The molecule has 1 aliphatic rings. The van der Waals surface area contributed by atoms with Crippen LogP contribution in [0.25, 0.3) is 0 Å². The van der Waals surface area contributed by atoms with E-state index < -0.39 is 6.10 Å². The van der Waals surface area contributed by atoms with Gasteiger partial charge in [-0.3, -0.25) is 0 Å². The lowest BCUT2D eigenvalue weighted by Crippen LogP contribution is -2.40. The Bertz CT molecular complexity index is 417. The van der Waals surface area contributed by atoms with Crippen LogP contribution in [0.3, 0.4) is 0 Å². The summed E-state index contributed by atoms with van der Waals surface area (Å²) in [6.45, 7) is 7.23. The second-order valence-electron chi connectivity index (χ2n) is 5.59. The average Bonchev–Trinajstić information content (AvgIpc) is 2.28. The summed E-state index contributed by atoms with van der Waals surface area (Å²) in [5.41, 5.74) is 1.65. The first kappa shape index (κ1) is 13.2. The number of nitrogens with zero attached hydrogens (tertiary/aromatic N) is 1. The standard InChI is InChI=1S/C15H23NO2/c1-10-6-7-16(11(2)8-10)13-4-5-14(12(3)17)15(18)9-13/h4-5,9-12,17-18H,6-8H2,1-3H3. The van der Waals surface area contributed by atoms with Gasteiger partial charge in [0.05, 0.1) is 6.10 Å². The zero-order chi connectivity index (χ0) is 13.3. The first-order valence-electron chi connectivity index (χ1n) is 6.76. The van der Waals surface area contributed by atoms with Gasteiger partial charge in [-0.25, -0.2) is 0 Å². The molecule has 0 aromatic heterocycles. The fourth-order valence-electron chi connectivity index (χ4n) is 2.85. The third-order valence-corrected chi connectivity index (χ3v) is 3.93. The maximum atomic E-state index is 9.94. The van der Waals surface area contributed by atoms with E-state index in [9.17, 15) is 10.2 Å². The quantitative estimate of drug-likeness (QED) is 0.846. The van der Waals surface area contributed by atoms with E-state index >= 15 is 0 Å². The van der Waals surface area contributed by atoms with Gasteiger partial charge in [-0.1, -0.05) is 13.0 Å². The van der Waals surface area contributed by atoms with Crippen molar-refractivity contribution in [3.63, 3.8) is 0 Å². The van der Waals surface area contributed by atoms with Crippen molar-refractivity contribution in [2.45, 2.75) is 45.8 Å². The number of hydrogen-bond donors (Lipinski definition) is 2. The fourth-order valence-corrected chi connectivity index (χ4v) is 2.85. The van der Waals surface area contributed by atoms with Crippen LogP contribution in [0, 0.1) is 5.92 Å². The highest BCUT2D eigenvalue weighted by molar-refractivity contribution is 5.54. The number of piperidine rings is 1. The molecule has 3 heteroatoms. The van der Waals surface area contributed by atoms with E-state index in [1.54, 1.807) is 13.0 Å². The Hall–Kier alpha value is -1.22. The summed E-state index contributed by atoms with van der Waals surface area (Å²) in [5, 5.41) is 19.5. The van der Waals surface area contributed by atoms with E-state index in [1.807, 2.05) is 12.1 Å². The molecule has 0 spiro atoms. The van der Waals surface area contributed by atoms with Gasteiger partial charge in [-0.15, -0.1) is 0 Å². The van der Waals surface area contributed by atoms with E-state index in [4.69, 9.17) is 0 Å². The Kier molecular flexibility index (Phi) is 3.81. The molecule has 2 N–H and O–H groups in total. The second-order valence-corrected chi connectivity index (χ2v) is 5.59. The van der Waals surface area contributed by atoms with Gasteiger partial charge in [0.2, 0.25) is 0 Å². The normalized spacial score (nSPS) is 26.1. The molecule has 100 valence electrons. The minimum absolute atomic E-state index is 0.188. The summed E-state index contributed by atoms with van der Waals surface area (Å²) in [7, 11) is 0.